The summed E-state index contributed by atoms with van der Waals surface area (Å²) < 4.78 is 5.67. The minimum atomic E-state index is -0.680. The summed E-state index contributed by atoms with van der Waals surface area (Å²) in [7, 11) is 0. The third-order valence-corrected chi connectivity index (χ3v) is 3.26. The highest BCUT2D eigenvalue weighted by atomic mass is 16.3. The van der Waals surface area contributed by atoms with Gasteiger partial charge in [-0.25, -0.2) is 0 Å². The van der Waals surface area contributed by atoms with Crippen molar-refractivity contribution in [2.75, 3.05) is 0 Å². The number of fused-ring (bicyclic) bond motifs is 1. The van der Waals surface area contributed by atoms with E-state index in [2.05, 4.69) is 0 Å². The topological polar surface area (TPSA) is 50.4 Å². The van der Waals surface area contributed by atoms with Gasteiger partial charge in [-0.2, -0.15) is 0 Å². The smallest absolute Gasteiger partial charge is 0.192 e. The molecule has 0 amide bonds. The van der Waals surface area contributed by atoms with Crippen molar-refractivity contribution in [2.45, 2.75) is 12.5 Å². The fraction of sp³-hybridized carbons (Fsp3) is 0.118. The van der Waals surface area contributed by atoms with E-state index < -0.39 is 6.10 Å². The quantitative estimate of drug-likeness (QED) is 0.792. The summed E-state index contributed by atoms with van der Waals surface area (Å²) in [6, 6.07) is 17.9. The molecular formula is C17H14O3. The first-order valence-electron chi connectivity index (χ1n) is 6.49. The Balaban J connectivity index is 1.93. The van der Waals surface area contributed by atoms with E-state index in [4.69, 9.17) is 4.42 Å². The molecule has 3 aromatic rings. The zero-order chi connectivity index (χ0) is 13.9. The zero-order valence-electron chi connectivity index (χ0n) is 10.8. The molecule has 0 saturated heterocycles. The van der Waals surface area contributed by atoms with Crippen molar-refractivity contribution in [2.24, 2.45) is 0 Å². The SMILES string of the molecule is O=c1cc(C[C@H](O)c2ccccc2)oc2ccccc12. The maximum Gasteiger partial charge on any atom is 0.192 e. The molecule has 0 aliphatic heterocycles. The summed E-state index contributed by atoms with van der Waals surface area (Å²) >= 11 is 0. The first-order chi connectivity index (χ1) is 9.74. The molecule has 1 heterocycles. The molecule has 3 heteroatoms. The summed E-state index contributed by atoms with van der Waals surface area (Å²) in [4.78, 5) is 12.0. The highest BCUT2D eigenvalue weighted by molar-refractivity contribution is 5.76. The molecule has 0 unspecified atom stereocenters. The Bertz CT molecular complexity index is 775. The van der Waals surface area contributed by atoms with Gasteiger partial charge in [0.25, 0.3) is 0 Å². The predicted octanol–water partition coefficient (Wildman–Crippen LogP) is 3.07. The lowest BCUT2D eigenvalue weighted by Gasteiger charge is -2.10. The third kappa shape index (κ3) is 2.49. The van der Waals surface area contributed by atoms with Crippen molar-refractivity contribution in [3.63, 3.8) is 0 Å². The van der Waals surface area contributed by atoms with Crippen LogP contribution in [0.3, 0.4) is 0 Å². The number of aliphatic hydroxyl groups is 1. The first kappa shape index (κ1) is 12.6. The van der Waals surface area contributed by atoms with Crippen LogP contribution in [0.25, 0.3) is 11.0 Å². The van der Waals surface area contributed by atoms with E-state index in [1.165, 1.54) is 6.07 Å². The van der Waals surface area contributed by atoms with E-state index in [0.29, 0.717) is 16.7 Å². The minimum absolute atomic E-state index is 0.0814. The van der Waals surface area contributed by atoms with Gasteiger partial charge in [0.05, 0.1) is 11.5 Å². The average Bonchev–Trinajstić information content (AvgIpc) is 2.48. The lowest BCUT2D eigenvalue weighted by molar-refractivity contribution is 0.171. The van der Waals surface area contributed by atoms with Crippen LogP contribution in [-0.4, -0.2) is 5.11 Å². The highest BCUT2D eigenvalue weighted by Gasteiger charge is 2.11. The number of rotatable bonds is 3. The van der Waals surface area contributed by atoms with Crippen LogP contribution in [0.1, 0.15) is 17.4 Å². The molecule has 0 aliphatic carbocycles. The van der Waals surface area contributed by atoms with Crippen molar-refractivity contribution < 1.29 is 9.52 Å². The van der Waals surface area contributed by atoms with Crippen LogP contribution >= 0.6 is 0 Å². The molecule has 1 N–H and O–H groups in total. The largest absolute Gasteiger partial charge is 0.461 e. The monoisotopic (exact) mass is 266 g/mol. The Labute approximate surface area is 116 Å². The summed E-state index contributed by atoms with van der Waals surface area (Å²) in [5.41, 5.74) is 1.28. The predicted molar refractivity (Wildman–Crippen MR) is 77.6 cm³/mol. The number of para-hydroxylation sites is 1. The van der Waals surface area contributed by atoms with Crippen LogP contribution in [0.4, 0.5) is 0 Å². The van der Waals surface area contributed by atoms with E-state index in [-0.39, 0.29) is 11.8 Å². The van der Waals surface area contributed by atoms with Crippen LogP contribution in [-0.2, 0) is 6.42 Å². The van der Waals surface area contributed by atoms with Gasteiger partial charge in [0, 0.05) is 12.5 Å². The number of benzene rings is 2. The Morgan fingerprint density at radius 2 is 1.70 bits per heavy atom. The summed E-state index contributed by atoms with van der Waals surface area (Å²) in [5.74, 6) is 0.491. The van der Waals surface area contributed by atoms with Gasteiger partial charge in [-0.05, 0) is 17.7 Å². The molecule has 1 atom stereocenters. The van der Waals surface area contributed by atoms with Crippen LogP contribution in [0.2, 0.25) is 0 Å². The van der Waals surface area contributed by atoms with E-state index in [9.17, 15) is 9.90 Å². The summed E-state index contributed by atoms with van der Waals surface area (Å²) in [6.45, 7) is 0. The molecule has 3 nitrogen and oxygen atoms in total. The number of hydrogen-bond donors (Lipinski definition) is 1. The maximum atomic E-state index is 12.0. The fourth-order valence-corrected chi connectivity index (χ4v) is 2.24. The lowest BCUT2D eigenvalue weighted by atomic mass is 10.0. The van der Waals surface area contributed by atoms with E-state index >= 15 is 0 Å². The van der Waals surface area contributed by atoms with Crippen molar-refractivity contribution in [1.82, 2.24) is 0 Å². The molecule has 0 aliphatic rings. The Morgan fingerprint density at radius 3 is 2.50 bits per heavy atom. The Hall–Kier alpha value is -2.39. The molecule has 20 heavy (non-hydrogen) atoms. The number of hydrogen-bond acceptors (Lipinski definition) is 3. The van der Waals surface area contributed by atoms with Gasteiger partial charge in [-0.1, -0.05) is 42.5 Å². The number of aliphatic hydroxyl groups excluding tert-OH is 1. The zero-order valence-corrected chi connectivity index (χ0v) is 10.8. The first-order valence-corrected chi connectivity index (χ1v) is 6.49. The minimum Gasteiger partial charge on any atom is -0.461 e. The average molecular weight is 266 g/mol. The fourth-order valence-electron chi connectivity index (χ4n) is 2.24. The molecule has 3 rings (SSSR count). The standard InChI is InChI=1S/C17H14O3/c18-15(12-6-2-1-3-7-12)10-13-11-16(19)14-8-4-5-9-17(14)20-13/h1-9,11,15,18H,10H2/t15-/m0/s1. The third-order valence-electron chi connectivity index (χ3n) is 3.26. The molecule has 1 aromatic heterocycles. The van der Waals surface area contributed by atoms with Crippen molar-refractivity contribution in [1.29, 1.82) is 0 Å². The molecule has 0 fully saturated rings. The highest BCUT2D eigenvalue weighted by Crippen LogP contribution is 2.19. The van der Waals surface area contributed by atoms with Gasteiger partial charge in [0.1, 0.15) is 11.3 Å². The molecule has 0 saturated carbocycles. The van der Waals surface area contributed by atoms with Gasteiger partial charge in [0.15, 0.2) is 5.43 Å². The molecule has 0 bridgehead atoms. The van der Waals surface area contributed by atoms with Gasteiger partial charge in [0.2, 0.25) is 0 Å². The van der Waals surface area contributed by atoms with Gasteiger partial charge < -0.3 is 9.52 Å². The summed E-state index contributed by atoms with van der Waals surface area (Å²) in [5, 5.41) is 10.7. The van der Waals surface area contributed by atoms with Crippen molar-refractivity contribution in [3.8, 4) is 0 Å². The van der Waals surface area contributed by atoms with Gasteiger partial charge in [-0.15, -0.1) is 0 Å². The van der Waals surface area contributed by atoms with Crippen LogP contribution in [0, 0.1) is 0 Å². The van der Waals surface area contributed by atoms with Crippen molar-refractivity contribution in [3.05, 3.63) is 82.2 Å². The van der Waals surface area contributed by atoms with Crippen LogP contribution in [0.15, 0.2) is 69.9 Å². The van der Waals surface area contributed by atoms with E-state index in [0.717, 1.165) is 5.56 Å². The second-order valence-electron chi connectivity index (χ2n) is 4.70. The Kier molecular flexibility index (Phi) is 3.35. The van der Waals surface area contributed by atoms with E-state index in [1.807, 2.05) is 36.4 Å². The molecule has 100 valence electrons. The van der Waals surface area contributed by atoms with Gasteiger partial charge in [-0.3, -0.25) is 4.79 Å². The second-order valence-corrected chi connectivity index (χ2v) is 4.70. The maximum absolute atomic E-state index is 12.0. The van der Waals surface area contributed by atoms with Gasteiger partial charge >= 0.3 is 0 Å². The van der Waals surface area contributed by atoms with Crippen LogP contribution in [0.5, 0.6) is 0 Å². The molecule has 0 spiro atoms. The second kappa shape index (κ2) is 5.31. The van der Waals surface area contributed by atoms with E-state index in [1.54, 1.807) is 18.2 Å². The molecule has 2 aromatic carbocycles. The lowest BCUT2D eigenvalue weighted by Crippen LogP contribution is -2.06. The van der Waals surface area contributed by atoms with Crippen molar-refractivity contribution >= 4 is 11.0 Å². The molecule has 0 radical (unpaired) electrons. The summed E-state index contributed by atoms with van der Waals surface area (Å²) in [6.07, 6.45) is -0.398. The molecular weight excluding hydrogens is 252 g/mol. The Morgan fingerprint density at radius 1 is 1.00 bits per heavy atom. The normalized spacial score (nSPS) is 12.4. The van der Waals surface area contributed by atoms with Crippen LogP contribution < -0.4 is 5.43 Å².